The first-order chi connectivity index (χ1) is 8.36. The van der Waals surface area contributed by atoms with Crippen molar-refractivity contribution in [2.24, 2.45) is 0 Å². The molecule has 0 bridgehead atoms. The number of benzene rings is 1. The molecule has 1 aromatic rings. The summed E-state index contributed by atoms with van der Waals surface area (Å²) in [6.45, 7) is 3.51. The van der Waals surface area contributed by atoms with Gasteiger partial charge in [0.1, 0.15) is 0 Å². The zero-order valence-corrected chi connectivity index (χ0v) is 10.2. The second kappa shape index (κ2) is 7.81. The molecule has 4 nitrogen and oxygen atoms in total. The van der Waals surface area contributed by atoms with Crippen LogP contribution in [0, 0.1) is 0 Å². The number of hydrogen-bond acceptors (Lipinski definition) is 3. The minimum atomic E-state index is 0.239. The number of hydrogen-bond donors (Lipinski definition) is 2. The summed E-state index contributed by atoms with van der Waals surface area (Å²) < 4.78 is 0. The van der Waals surface area contributed by atoms with Crippen LogP contribution in [0.5, 0.6) is 0 Å². The first kappa shape index (κ1) is 13.7. The van der Waals surface area contributed by atoms with Gasteiger partial charge in [0.2, 0.25) is 5.91 Å². The van der Waals surface area contributed by atoms with Gasteiger partial charge in [-0.2, -0.15) is 0 Å². The molecule has 0 spiro atoms. The fourth-order valence-corrected chi connectivity index (χ4v) is 1.80. The van der Waals surface area contributed by atoms with E-state index >= 15 is 0 Å². The molecule has 1 aliphatic rings. The largest absolute Gasteiger partial charge is 0.400 e. The van der Waals surface area contributed by atoms with Crippen LogP contribution in [-0.4, -0.2) is 49.2 Å². The van der Waals surface area contributed by atoms with Crippen molar-refractivity contribution < 1.29 is 9.90 Å². The van der Waals surface area contributed by atoms with E-state index in [9.17, 15) is 4.79 Å². The third-order valence-electron chi connectivity index (χ3n) is 2.67. The highest BCUT2D eigenvalue weighted by Crippen LogP contribution is 2.03. The smallest absolute Gasteiger partial charge is 0.227 e. The molecule has 1 aliphatic heterocycles. The number of rotatable bonds is 2. The molecular formula is C13H20N2O2. The van der Waals surface area contributed by atoms with Crippen molar-refractivity contribution in [1.29, 1.82) is 0 Å². The molecule has 0 atom stereocenters. The Hall–Kier alpha value is -1.39. The van der Waals surface area contributed by atoms with E-state index in [2.05, 4.69) is 5.32 Å². The van der Waals surface area contributed by atoms with Gasteiger partial charge in [-0.25, -0.2) is 0 Å². The van der Waals surface area contributed by atoms with Crippen LogP contribution in [0.25, 0.3) is 0 Å². The second-order valence-corrected chi connectivity index (χ2v) is 3.79. The van der Waals surface area contributed by atoms with Crippen LogP contribution in [0.2, 0.25) is 0 Å². The van der Waals surface area contributed by atoms with Gasteiger partial charge in [0.25, 0.3) is 0 Å². The van der Waals surface area contributed by atoms with Gasteiger partial charge in [-0.1, -0.05) is 30.3 Å². The summed E-state index contributed by atoms with van der Waals surface area (Å²) in [5.74, 6) is 0.239. The molecule has 1 fully saturated rings. The standard InChI is InChI=1S/C12H16N2O.CH4O/c15-12(14-8-6-13-7-9-14)10-11-4-2-1-3-5-11;1-2/h1-5,13H,6-10H2;2H,1H3. The zero-order valence-electron chi connectivity index (χ0n) is 10.2. The monoisotopic (exact) mass is 236 g/mol. The highest BCUT2D eigenvalue weighted by atomic mass is 16.2. The first-order valence-electron chi connectivity index (χ1n) is 5.83. The Bertz CT molecular complexity index is 321. The Morgan fingerprint density at radius 2 is 1.82 bits per heavy atom. The number of piperazine rings is 1. The number of carbonyl (C=O) groups excluding carboxylic acids is 1. The number of aliphatic hydroxyl groups is 1. The van der Waals surface area contributed by atoms with Gasteiger partial charge in [0.05, 0.1) is 6.42 Å². The van der Waals surface area contributed by atoms with Gasteiger partial charge in [0.15, 0.2) is 0 Å². The van der Waals surface area contributed by atoms with Gasteiger partial charge in [-0.3, -0.25) is 4.79 Å². The molecule has 2 N–H and O–H groups in total. The predicted octanol–water partition coefficient (Wildman–Crippen LogP) is 0.269. The fraction of sp³-hybridized carbons (Fsp3) is 0.462. The molecule has 0 radical (unpaired) electrons. The Morgan fingerprint density at radius 3 is 2.41 bits per heavy atom. The molecule has 17 heavy (non-hydrogen) atoms. The van der Waals surface area contributed by atoms with Crippen LogP contribution in [0.1, 0.15) is 5.56 Å². The molecule has 4 heteroatoms. The number of carbonyl (C=O) groups is 1. The van der Waals surface area contributed by atoms with Crippen LogP contribution in [-0.2, 0) is 11.2 Å². The maximum atomic E-state index is 11.9. The second-order valence-electron chi connectivity index (χ2n) is 3.79. The van der Waals surface area contributed by atoms with Crippen LogP contribution < -0.4 is 5.32 Å². The highest BCUT2D eigenvalue weighted by molar-refractivity contribution is 5.78. The van der Waals surface area contributed by atoms with Crippen LogP contribution in [0.15, 0.2) is 30.3 Å². The third kappa shape index (κ3) is 4.54. The molecule has 0 unspecified atom stereocenters. The summed E-state index contributed by atoms with van der Waals surface area (Å²) >= 11 is 0. The Balaban J connectivity index is 0.000000686. The maximum absolute atomic E-state index is 11.9. The molecule has 0 aliphatic carbocycles. The van der Waals surface area contributed by atoms with E-state index in [1.807, 2.05) is 35.2 Å². The zero-order chi connectivity index (χ0) is 12.5. The molecule has 1 saturated heterocycles. The van der Waals surface area contributed by atoms with Gasteiger partial charge in [-0.15, -0.1) is 0 Å². The lowest BCUT2D eigenvalue weighted by atomic mass is 10.1. The summed E-state index contributed by atoms with van der Waals surface area (Å²) in [6.07, 6.45) is 0.529. The molecule has 1 heterocycles. The average molecular weight is 236 g/mol. The van der Waals surface area contributed by atoms with Crippen LogP contribution in [0.3, 0.4) is 0 Å². The van der Waals surface area contributed by atoms with Crippen molar-refractivity contribution in [2.75, 3.05) is 33.3 Å². The van der Waals surface area contributed by atoms with Gasteiger partial charge >= 0.3 is 0 Å². The lowest BCUT2D eigenvalue weighted by Crippen LogP contribution is -2.46. The van der Waals surface area contributed by atoms with Gasteiger partial charge in [-0.05, 0) is 5.56 Å². The SMILES string of the molecule is CO.O=C(Cc1ccccc1)N1CCNCC1. The summed E-state index contributed by atoms with van der Waals surface area (Å²) in [6, 6.07) is 9.92. The summed E-state index contributed by atoms with van der Waals surface area (Å²) in [4.78, 5) is 13.8. The Morgan fingerprint density at radius 1 is 1.24 bits per heavy atom. The predicted molar refractivity (Wildman–Crippen MR) is 67.7 cm³/mol. The van der Waals surface area contributed by atoms with Crippen molar-refractivity contribution in [3.05, 3.63) is 35.9 Å². The van der Waals surface area contributed by atoms with E-state index < -0.39 is 0 Å². The van der Waals surface area contributed by atoms with Crippen molar-refractivity contribution in [3.8, 4) is 0 Å². The Labute approximate surface area is 102 Å². The molecule has 94 valence electrons. The van der Waals surface area contributed by atoms with Crippen molar-refractivity contribution >= 4 is 5.91 Å². The van der Waals surface area contributed by atoms with Gasteiger partial charge in [0, 0.05) is 33.3 Å². The summed E-state index contributed by atoms with van der Waals surface area (Å²) in [5, 5.41) is 10.2. The normalized spacial score (nSPS) is 14.8. The highest BCUT2D eigenvalue weighted by Gasteiger charge is 2.15. The van der Waals surface area contributed by atoms with E-state index in [4.69, 9.17) is 5.11 Å². The van der Waals surface area contributed by atoms with Crippen LogP contribution >= 0.6 is 0 Å². The summed E-state index contributed by atoms with van der Waals surface area (Å²) in [5.41, 5.74) is 1.10. The topological polar surface area (TPSA) is 52.6 Å². The first-order valence-corrected chi connectivity index (χ1v) is 5.83. The minimum Gasteiger partial charge on any atom is -0.400 e. The molecule has 0 saturated carbocycles. The average Bonchev–Trinajstić information content (AvgIpc) is 2.43. The van der Waals surface area contributed by atoms with E-state index in [0.717, 1.165) is 38.9 Å². The Kier molecular flexibility index (Phi) is 6.29. The van der Waals surface area contributed by atoms with Crippen LogP contribution in [0.4, 0.5) is 0 Å². The van der Waals surface area contributed by atoms with E-state index in [0.29, 0.717) is 6.42 Å². The quantitative estimate of drug-likeness (QED) is 0.775. The molecule has 1 amide bonds. The van der Waals surface area contributed by atoms with E-state index in [1.165, 1.54) is 0 Å². The molecule has 1 aromatic carbocycles. The molecule has 0 aromatic heterocycles. The lowest BCUT2D eigenvalue weighted by Gasteiger charge is -2.27. The van der Waals surface area contributed by atoms with Crippen molar-refractivity contribution in [2.45, 2.75) is 6.42 Å². The van der Waals surface area contributed by atoms with E-state index in [1.54, 1.807) is 0 Å². The van der Waals surface area contributed by atoms with Crippen molar-refractivity contribution in [3.63, 3.8) is 0 Å². The molecule has 2 rings (SSSR count). The minimum absolute atomic E-state index is 0.239. The van der Waals surface area contributed by atoms with E-state index in [-0.39, 0.29) is 5.91 Å². The molecular weight excluding hydrogens is 216 g/mol. The summed E-state index contributed by atoms with van der Waals surface area (Å²) in [7, 11) is 1.00. The lowest BCUT2D eigenvalue weighted by molar-refractivity contribution is -0.131. The van der Waals surface area contributed by atoms with Crippen molar-refractivity contribution in [1.82, 2.24) is 10.2 Å². The fourth-order valence-electron chi connectivity index (χ4n) is 1.80. The number of amides is 1. The van der Waals surface area contributed by atoms with Gasteiger partial charge < -0.3 is 15.3 Å². The maximum Gasteiger partial charge on any atom is 0.227 e. The number of nitrogens with zero attached hydrogens (tertiary/aromatic N) is 1. The third-order valence-corrected chi connectivity index (χ3v) is 2.67. The number of nitrogens with one attached hydrogen (secondary N) is 1. The number of aliphatic hydroxyl groups excluding tert-OH is 1.